The van der Waals surface area contributed by atoms with Crippen molar-refractivity contribution in [3.63, 3.8) is 0 Å². The number of hydrogen-bond acceptors (Lipinski definition) is 4. The van der Waals surface area contributed by atoms with E-state index >= 15 is 0 Å². The van der Waals surface area contributed by atoms with Gasteiger partial charge in [-0.1, -0.05) is 236 Å². The minimum absolute atomic E-state index is 0.00333. The van der Waals surface area contributed by atoms with Gasteiger partial charge in [0.05, 0.1) is 5.69 Å². The fourth-order valence-electron chi connectivity index (χ4n) is 13.1. The van der Waals surface area contributed by atoms with E-state index in [0.717, 1.165) is 22.9 Å². The number of ether oxygens (including phenoxy) is 1. The number of anilines is 6. The van der Waals surface area contributed by atoms with Crippen molar-refractivity contribution in [2.75, 3.05) is 9.80 Å². The molecule has 0 fully saturated rings. The first-order chi connectivity index (χ1) is 36.2. The number of benzene rings is 11. The highest BCUT2D eigenvalue weighted by molar-refractivity contribution is 8.00. The molecule has 0 saturated heterocycles. The summed E-state index contributed by atoms with van der Waals surface area (Å²) in [5, 5.41) is 11.0. The molecule has 4 aliphatic heterocycles. The smallest absolute Gasteiger partial charge is 0.253 e. The minimum Gasteiger partial charge on any atom is -0.458 e. The summed E-state index contributed by atoms with van der Waals surface area (Å²) in [5.41, 5.74) is 10.7. The van der Waals surface area contributed by atoms with Gasteiger partial charge in [-0.25, -0.2) is 0 Å². The Hall–Kier alpha value is -8.33. The number of para-hydroxylation sites is 4. The van der Waals surface area contributed by atoms with Gasteiger partial charge in [-0.15, -0.1) is 0 Å². The van der Waals surface area contributed by atoms with Crippen LogP contribution in [0.5, 0.6) is 11.5 Å². The second-order valence-electron chi connectivity index (χ2n) is 19.5. The molecule has 0 saturated carbocycles. The standard InChI is InChI=1S/C66H45BN2OSSi2/c1-5-23-48(24-6-1)72(49-25-7-2-8-26-49)62-37-19-14-32-54(62)68(55-33-15-20-38-63(55)72)46-41-42-52-58(43-46)70-59-44-47(45-61-66(59)67(52)53-31-13-18-36-60(53)71-61)69-56-34-16-21-39-64(56)73(50-27-9-3-10-28-50,51-29-11-4-12-30-51)65-40-22-17-35-57(65)69/h1-45H. The van der Waals surface area contributed by atoms with Gasteiger partial charge in [0.2, 0.25) is 0 Å². The van der Waals surface area contributed by atoms with Crippen LogP contribution in [0.4, 0.5) is 34.1 Å². The van der Waals surface area contributed by atoms with Crippen LogP contribution >= 0.6 is 11.8 Å². The molecule has 342 valence electrons. The van der Waals surface area contributed by atoms with Crippen molar-refractivity contribution < 1.29 is 4.74 Å². The largest absolute Gasteiger partial charge is 0.458 e. The maximum absolute atomic E-state index is 7.46. The van der Waals surface area contributed by atoms with Gasteiger partial charge in [-0.3, -0.25) is 0 Å². The Morgan fingerprint density at radius 3 is 1.16 bits per heavy atom. The molecule has 0 bridgehead atoms. The SMILES string of the molecule is c1ccc([Si]2(c3ccccc3)c3ccccc3N(c3ccc4c(c3)Oc3cc(N5c6ccccc6[Si](c6ccccc6)(c6ccccc6)c6ccccc65)cc5c3B4c3ccccc3S5)c3ccccc32)cc1. The molecule has 0 N–H and O–H groups in total. The number of fused-ring (bicyclic) bond motifs is 8. The third-order valence-electron chi connectivity index (χ3n) is 15.9. The summed E-state index contributed by atoms with van der Waals surface area (Å²) in [6.07, 6.45) is 0. The summed E-state index contributed by atoms with van der Waals surface area (Å²) in [4.78, 5) is 7.51. The Bertz CT molecular complexity index is 3790. The maximum atomic E-state index is 7.46. The highest BCUT2D eigenvalue weighted by atomic mass is 32.2. The monoisotopic (exact) mass is 980 g/mol. The molecule has 11 aromatic carbocycles. The first-order valence-corrected chi connectivity index (χ1v) is 30.0. The molecule has 4 heterocycles. The number of nitrogens with zero attached hydrogens (tertiary/aromatic N) is 2. The molecule has 0 radical (unpaired) electrons. The molecule has 4 aliphatic rings. The van der Waals surface area contributed by atoms with Crippen LogP contribution in [0.3, 0.4) is 0 Å². The van der Waals surface area contributed by atoms with Crippen molar-refractivity contribution in [2.45, 2.75) is 9.79 Å². The maximum Gasteiger partial charge on any atom is 0.253 e. The molecular formula is C66H45BN2OSSi2. The summed E-state index contributed by atoms with van der Waals surface area (Å²) < 4.78 is 7.46. The molecule has 73 heavy (non-hydrogen) atoms. The average Bonchev–Trinajstić information content (AvgIpc) is 3.47. The van der Waals surface area contributed by atoms with Crippen LogP contribution in [0.25, 0.3) is 0 Å². The Morgan fingerprint density at radius 1 is 0.315 bits per heavy atom. The first-order valence-electron chi connectivity index (χ1n) is 25.2. The van der Waals surface area contributed by atoms with Gasteiger partial charge in [-0.05, 0) is 94.9 Å². The molecule has 0 amide bonds. The van der Waals surface area contributed by atoms with Crippen LogP contribution in [-0.2, 0) is 0 Å². The van der Waals surface area contributed by atoms with Gasteiger partial charge < -0.3 is 14.5 Å². The van der Waals surface area contributed by atoms with Crippen LogP contribution in [-0.4, -0.2) is 22.9 Å². The highest BCUT2D eigenvalue weighted by Crippen LogP contribution is 2.46. The molecule has 0 atom stereocenters. The average molecular weight is 981 g/mol. The predicted molar refractivity (Wildman–Crippen MR) is 312 cm³/mol. The third-order valence-corrected chi connectivity index (χ3v) is 26.8. The summed E-state index contributed by atoms with van der Waals surface area (Å²) in [5.74, 6) is 1.78. The van der Waals surface area contributed by atoms with Crippen LogP contribution in [0, 0.1) is 0 Å². The molecule has 3 nitrogen and oxygen atoms in total. The zero-order valence-electron chi connectivity index (χ0n) is 39.8. The first kappa shape index (κ1) is 42.4. The van der Waals surface area contributed by atoms with Gasteiger partial charge in [0.25, 0.3) is 6.71 Å². The van der Waals surface area contributed by atoms with Crippen LogP contribution in [0.15, 0.2) is 283 Å². The fraction of sp³-hybridized carbons (Fsp3) is 0. The quantitative estimate of drug-likeness (QED) is 0.155. The van der Waals surface area contributed by atoms with E-state index in [1.807, 2.05) is 11.8 Å². The second-order valence-corrected chi connectivity index (χ2v) is 28.0. The van der Waals surface area contributed by atoms with Gasteiger partial charge in [0.15, 0.2) is 16.1 Å². The van der Waals surface area contributed by atoms with Crippen molar-refractivity contribution in [3.8, 4) is 11.5 Å². The van der Waals surface area contributed by atoms with E-state index in [1.165, 1.54) is 90.4 Å². The lowest BCUT2D eigenvalue weighted by molar-refractivity contribution is 0.486. The third kappa shape index (κ3) is 6.07. The lowest BCUT2D eigenvalue weighted by Crippen LogP contribution is -2.77. The van der Waals surface area contributed by atoms with Gasteiger partial charge in [0, 0.05) is 50.4 Å². The van der Waals surface area contributed by atoms with E-state index in [9.17, 15) is 0 Å². The van der Waals surface area contributed by atoms with Crippen molar-refractivity contribution in [3.05, 3.63) is 273 Å². The lowest BCUT2D eigenvalue weighted by Gasteiger charge is -2.45. The van der Waals surface area contributed by atoms with Gasteiger partial charge in [0.1, 0.15) is 11.5 Å². The van der Waals surface area contributed by atoms with Gasteiger partial charge >= 0.3 is 0 Å². The van der Waals surface area contributed by atoms with Crippen molar-refractivity contribution in [1.29, 1.82) is 0 Å². The van der Waals surface area contributed by atoms with Crippen molar-refractivity contribution in [2.24, 2.45) is 0 Å². The highest BCUT2D eigenvalue weighted by Gasteiger charge is 2.51. The normalized spacial score (nSPS) is 14.8. The Balaban J connectivity index is 0.921. The van der Waals surface area contributed by atoms with E-state index in [4.69, 9.17) is 4.74 Å². The lowest BCUT2D eigenvalue weighted by atomic mass is 9.35. The molecule has 0 aromatic heterocycles. The molecule has 15 rings (SSSR count). The Labute approximate surface area is 432 Å². The van der Waals surface area contributed by atoms with E-state index in [-0.39, 0.29) is 6.71 Å². The summed E-state index contributed by atoms with van der Waals surface area (Å²) in [6, 6.07) is 102. The predicted octanol–water partition coefficient (Wildman–Crippen LogP) is 9.09. The molecule has 0 spiro atoms. The van der Waals surface area contributed by atoms with E-state index < -0.39 is 16.1 Å². The summed E-state index contributed by atoms with van der Waals surface area (Å²) in [7, 11) is -5.58. The zero-order valence-corrected chi connectivity index (χ0v) is 42.6. The zero-order chi connectivity index (χ0) is 48.1. The number of hydrogen-bond donors (Lipinski definition) is 0. The second kappa shape index (κ2) is 16.6. The molecule has 0 aliphatic carbocycles. The fourth-order valence-corrected chi connectivity index (χ4v) is 24.5. The Morgan fingerprint density at radius 2 is 0.699 bits per heavy atom. The molecular weight excluding hydrogens is 936 g/mol. The van der Waals surface area contributed by atoms with E-state index in [0.29, 0.717) is 0 Å². The number of rotatable bonds is 6. The Kier molecular flexibility index (Phi) is 9.64. The van der Waals surface area contributed by atoms with E-state index in [1.54, 1.807) is 0 Å². The minimum atomic E-state index is -2.80. The van der Waals surface area contributed by atoms with Crippen molar-refractivity contribution >= 4 is 127 Å². The van der Waals surface area contributed by atoms with Crippen molar-refractivity contribution in [1.82, 2.24) is 0 Å². The topological polar surface area (TPSA) is 15.7 Å². The molecule has 7 heteroatoms. The van der Waals surface area contributed by atoms with E-state index in [2.05, 4.69) is 283 Å². The summed E-state index contributed by atoms with van der Waals surface area (Å²) >= 11 is 1.86. The van der Waals surface area contributed by atoms with Crippen LogP contribution in [0.1, 0.15) is 0 Å². The molecule has 11 aromatic rings. The summed E-state index contributed by atoms with van der Waals surface area (Å²) in [6.45, 7) is 0.00333. The van der Waals surface area contributed by atoms with Gasteiger partial charge in [-0.2, -0.15) is 0 Å². The molecule has 0 unspecified atom stereocenters. The van der Waals surface area contributed by atoms with Crippen LogP contribution < -0.4 is 72.4 Å². The van der Waals surface area contributed by atoms with Crippen LogP contribution in [0.2, 0.25) is 0 Å².